The number of hydrogen-bond donors (Lipinski definition) is 1. The molecule has 0 amide bonds. The van der Waals surface area contributed by atoms with Crippen molar-refractivity contribution >= 4 is 22.8 Å². The van der Waals surface area contributed by atoms with Crippen LogP contribution in [0, 0.1) is 0 Å². The lowest BCUT2D eigenvalue weighted by atomic mass is 10.2. The quantitative estimate of drug-likeness (QED) is 0.534. The molecule has 25 heavy (non-hydrogen) atoms. The fraction of sp³-hybridized carbons (Fsp3) is 0.167. The van der Waals surface area contributed by atoms with Crippen LogP contribution in [0.4, 0.5) is 0 Å². The van der Waals surface area contributed by atoms with E-state index in [4.69, 9.17) is 9.15 Å². The van der Waals surface area contributed by atoms with Crippen LogP contribution in [-0.2, 0) is 0 Å². The van der Waals surface area contributed by atoms with Gasteiger partial charge in [0.05, 0.1) is 23.4 Å². The normalized spacial score (nSPS) is 12.4. The fourth-order valence-electron chi connectivity index (χ4n) is 2.46. The van der Waals surface area contributed by atoms with E-state index in [1.54, 1.807) is 18.9 Å². The minimum Gasteiger partial charge on any atom is -0.497 e. The second-order valence-electron chi connectivity index (χ2n) is 5.50. The number of aromatic nitrogens is 4. The monoisotopic (exact) mass is 352 g/mol. The highest BCUT2D eigenvalue weighted by molar-refractivity contribution is 7.99. The van der Waals surface area contributed by atoms with E-state index < -0.39 is 0 Å². The highest BCUT2D eigenvalue weighted by Gasteiger charge is 2.18. The first-order valence-electron chi connectivity index (χ1n) is 7.82. The maximum absolute atomic E-state index is 5.81. The van der Waals surface area contributed by atoms with Crippen molar-refractivity contribution in [3.05, 3.63) is 54.4 Å². The number of methoxy groups -OCH3 is 1. The molecule has 7 heteroatoms. The summed E-state index contributed by atoms with van der Waals surface area (Å²) in [5, 5.41) is 9.09. The molecule has 1 atom stereocenters. The van der Waals surface area contributed by atoms with Gasteiger partial charge in [0.25, 0.3) is 0 Å². The lowest BCUT2D eigenvalue weighted by Gasteiger charge is -2.02. The molecule has 0 unspecified atom stereocenters. The van der Waals surface area contributed by atoms with Crippen molar-refractivity contribution in [2.75, 3.05) is 7.11 Å². The van der Waals surface area contributed by atoms with Gasteiger partial charge in [0.2, 0.25) is 11.8 Å². The molecule has 0 spiro atoms. The Morgan fingerprint density at radius 1 is 1.12 bits per heavy atom. The number of rotatable bonds is 5. The van der Waals surface area contributed by atoms with E-state index in [0.717, 1.165) is 27.5 Å². The SMILES string of the molecule is COc1ccc2nc(S[C@H](C)c3nnc(-c4ccccc4)o3)[nH]c2c1. The van der Waals surface area contributed by atoms with Crippen LogP contribution in [0.5, 0.6) is 5.75 Å². The zero-order chi connectivity index (χ0) is 17.2. The molecule has 4 aromatic rings. The van der Waals surface area contributed by atoms with Gasteiger partial charge in [-0.15, -0.1) is 10.2 Å². The van der Waals surface area contributed by atoms with Crippen molar-refractivity contribution in [2.45, 2.75) is 17.3 Å². The number of aromatic amines is 1. The number of fused-ring (bicyclic) bond motifs is 1. The van der Waals surface area contributed by atoms with E-state index >= 15 is 0 Å². The van der Waals surface area contributed by atoms with Gasteiger partial charge in [-0.3, -0.25) is 0 Å². The molecule has 1 N–H and O–H groups in total. The van der Waals surface area contributed by atoms with Crippen LogP contribution in [0.1, 0.15) is 18.1 Å². The molecule has 2 aromatic carbocycles. The van der Waals surface area contributed by atoms with Gasteiger partial charge in [0.15, 0.2) is 5.16 Å². The fourth-order valence-corrected chi connectivity index (χ4v) is 3.31. The van der Waals surface area contributed by atoms with E-state index in [-0.39, 0.29) is 5.25 Å². The third-order valence-electron chi connectivity index (χ3n) is 3.76. The Hall–Kier alpha value is -2.80. The third kappa shape index (κ3) is 3.23. The molecule has 0 aliphatic carbocycles. The van der Waals surface area contributed by atoms with Crippen LogP contribution in [0.2, 0.25) is 0 Å². The molecule has 0 radical (unpaired) electrons. The number of nitrogens with one attached hydrogen (secondary N) is 1. The van der Waals surface area contributed by atoms with Gasteiger partial charge in [-0.25, -0.2) is 4.98 Å². The molecular formula is C18H16N4O2S. The Morgan fingerprint density at radius 2 is 1.96 bits per heavy atom. The van der Waals surface area contributed by atoms with Crippen LogP contribution in [0.15, 0.2) is 58.1 Å². The molecule has 126 valence electrons. The molecule has 6 nitrogen and oxygen atoms in total. The van der Waals surface area contributed by atoms with Crippen LogP contribution < -0.4 is 4.74 Å². The number of hydrogen-bond acceptors (Lipinski definition) is 6. The van der Waals surface area contributed by atoms with Crippen molar-refractivity contribution in [3.63, 3.8) is 0 Å². The first-order valence-corrected chi connectivity index (χ1v) is 8.70. The molecule has 2 heterocycles. The van der Waals surface area contributed by atoms with Gasteiger partial charge >= 0.3 is 0 Å². The number of ether oxygens (including phenoxy) is 1. The molecule has 0 aliphatic rings. The molecule has 0 saturated carbocycles. The summed E-state index contributed by atoms with van der Waals surface area (Å²) in [6.45, 7) is 2.01. The number of nitrogens with zero attached hydrogens (tertiary/aromatic N) is 3. The van der Waals surface area contributed by atoms with Crippen molar-refractivity contribution in [1.29, 1.82) is 0 Å². The van der Waals surface area contributed by atoms with Crippen molar-refractivity contribution in [1.82, 2.24) is 20.2 Å². The molecule has 0 saturated heterocycles. The lowest BCUT2D eigenvalue weighted by Crippen LogP contribution is -1.89. The van der Waals surface area contributed by atoms with Crippen molar-refractivity contribution in [2.24, 2.45) is 0 Å². The summed E-state index contributed by atoms with van der Waals surface area (Å²) in [6, 6.07) is 15.5. The summed E-state index contributed by atoms with van der Waals surface area (Å²) >= 11 is 1.54. The smallest absolute Gasteiger partial charge is 0.247 e. The van der Waals surface area contributed by atoms with Gasteiger partial charge in [-0.2, -0.15) is 0 Å². The van der Waals surface area contributed by atoms with Crippen LogP contribution in [0.25, 0.3) is 22.5 Å². The highest BCUT2D eigenvalue weighted by atomic mass is 32.2. The maximum Gasteiger partial charge on any atom is 0.247 e. The molecule has 4 rings (SSSR count). The summed E-state index contributed by atoms with van der Waals surface area (Å²) in [4.78, 5) is 7.87. The van der Waals surface area contributed by atoms with E-state index in [9.17, 15) is 0 Å². The largest absolute Gasteiger partial charge is 0.497 e. The third-order valence-corrected chi connectivity index (χ3v) is 4.74. The Labute approximate surface area is 148 Å². The zero-order valence-corrected chi connectivity index (χ0v) is 14.6. The van der Waals surface area contributed by atoms with Crippen LogP contribution in [0.3, 0.4) is 0 Å². The summed E-state index contributed by atoms with van der Waals surface area (Å²) in [5.74, 6) is 1.89. The van der Waals surface area contributed by atoms with E-state index in [1.807, 2.05) is 55.5 Å². The van der Waals surface area contributed by atoms with E-state index in [0.29, 0.717) is 11.8 Å². The Kier molecular flexibility index (Phi) is 4.15. The average molecular weight is 352 g/mol. The minimum atomic E-state index is -0.0209. The zero-order valence-electron chi connectivity index (χ0n) is 13.8. The van der Waals surface area contributed by atoms with Crippen LogP contribution >= 0.6 is 11.8 Å². The Balaban J connectivity index is 1.54. The Bertz CT molecular complexity index is 997. The van der Waals surface area contributed by atoms with E-state index in [2.05, 4.69) is 20.2 Å². The molecule has 0 aliphatic heterocycles. The highest BCUT2D eigenvalue weighted by Crippen LogP contribution is 2.34. The van der Waals surface area contributed by atoms with Gasteiger partial charge in [0, 0.05) is 11.6 Å². The van der Waals surface area contributed by atoms with Gasteiger partial charge in [-0.1, -0.05) is 30.0 Å². The predicted octanol–water partition coefficient (Wildman–Crippen LogP) is 4.47. The second kappa shape index (κ2) is 6.60. The molecular weight excluding hydrogens is 336 g/mol. The topological polar surface area (TPSA) is 76.8 Å². The summed E-state index contributed by atoms with van der Waals surface area (Å²) in [7, 11) is 1.65. The predicted molar refractivity (Wildman–Crippen MR) is 96.7 cm³/mol. The molecule has 2 aromatic heterocycles. The van der Waals surface area contributed by atoms with E-state index in [1.165, 1.54) is 0 Å². The average Bonchev–Trinajstić information content (AvgIpc) is 3.28. The molecule has 0 bridgehead atoms. The van der Waals surface area contributed by atoms with Gasteiger partial charge in [0.1, 0.15) is 5.75 Å². The maximum atomic E-state index is 5.81. The standard InChI is InChI=1S/C18H16N4O2S/c1-11(16-21-22-17(24-16)12-6-4-3-5-7-12)25-18-19-14-9-8-13(23-2)10-15(14)20-18/h3-11H,1-2H3,(H,19,20)/t11-/m1/s1. The van der Waals surface area contributed by atoms with Crippen LogP contribution in [-0.4, -0.2) is 27.3 Å². The second-order valence-corrected chi connectivity index (χ2v) is 6.83. The van der Waals surface area contributed by atoms with Crippen molar-refractivity contribution in [3.8, 4) is 17.2 Å². The first-order chi connectivity index (χ1) is 12.2. The number of imidazole rings is 1. The summed E-state index contributed by atoms with van der Waals surface area (Å²) < 4.78 is 11.0. The molecule has 0 fully saturated rings. The summed E-state index contributed by atoms with van der Waals surface area (Å²) in [6.07, 6.45) is 0. The minimum absolute atomic E-state index is 0.0209. The summed E-state index contributed by atoms with van der Waals surface area (Å²) in [5.41, 5.74) is 2.74. The van der Waals surface area contributed by atoms with Crippen molar-refractivity contribution < 1.29 is 9.15 Å². The van der Waals surface area contributed by atoms with Gasteiger partial charge in [-0.05, 0) is 31.2 Å². The Morgan fingerprint density at radius 3 is 2.76 bits per heavy atom. The number of H-pyrrole nitrogens is 1. The first kappa shape index (κ1) is 15.7. The van der Waals surface area contributed by atoms with Gasteiger partial charge < -0.3 is 14.1 Å². The lowest BCUT2D eigenvalue weighted by molar-refractivity contribution is 0.415. The number of benzene rings is 2. The number of thioether (sulfide) groups is 1.